The van der Waals surface area contributed by atoms with Gasteiger partial charge in [0, 0.05) is 0 Å². The van der Waals surface area contributed by atoms with Crippen molar-refractivity contribution in [2.45, 2.75) is 0 Å². The third-order valence-corrected chi connectivity index (χ3v) is 3.18. The molecule has 66 valence electrons. The van der Waals surface area contributed by atoms with Gasteiger partial charge < -0.3 is 15.1 Å². The maximum absolute atomic E-state index is 12.8. The second-order valence-electron chi connectivity index (χ2n) is 2.22. The summed E-state index contributed by atoms with van der Waals surface area (Å²) in [5.74, 6) is -0.0156. The van der Waals surface area contributed by atoms with E-state index in [-0.39, 0.29) is 5.82 Å². The van der Waals surface area contributed by atoms with Gasteiger partial charge >= 0.3 is 111 Å². The van der Waals surface area contributed by atoms with E-state index in [1.54, 1.807) is 6.07 Å². The Balaban J connectivity index is 0.000000310. The fraction of sp³-hybridized carbons (Fsp3) is 0. The third kappa shape index (κ3) is 7.40. The Labute approximate surface area is 123 Å². The van der Waals surface area contributed by atoms with Crippen LogP contribution < -0.4 is -0.342 Å². The van der Waals surface area contributed by atoms with Gasteiger partial charge in [-0.3, -0.25) is 0 Å². The summed E-state index contributed by atoms with van der Waals surface area (Å²) < 4.78 is 14.4. The smallest absolute Gasteiger partial charge is 0.402 e. The molecule has 0 saturated carbocycles. The minimum absolute atomic E-state index is 0.0156. The first-order valence-electron chi connectivity index (χ1n) is 3.40. The van der Waals surface area contributed by atoms with E-state index >= 15 is 0 Å². The molecule has 3 nitrogen and oxygen atoms in total. The molecule has 7 heteroatoms. The Morgan fingerprint density at radius 1 is 1.31 bits per heavy atom. The molecule has 0 fully saturated rings. The fourth-order valence-corrected chi connectivity index (χ4v) is 2.76. The number of benzene rings is 1. The largest absolute Gasteiger partial charge is 0.631 e. The first-order valence-corrected chi connectivity index (χ1v) is 6.04. The average Bonchev–Trinajstić information content (AvgIpc) is 1.99. The Hall–Kier alpha value is 1.46. The molecule has 0 aromatic heterocycles. The quantitative estimate of drug-likeness (QED) is 0.432. The van der Waals surface area contributed by atoms with Gasteiger partial charge in [-0.05, 0) is 0 Å². The van der Waals surface area contributed by atoms with Gasteiger partial charge in [-0.2, -0.15) is 0 Å². The molecule has 0 spiro atoms. The predicted octanol–water partition coefficient (Wildman–Crippen LogP) is -0.828. The molecule has 0 radical (unpaired) electrons. The van der Waals surface area contributed by atoms with Gasteiger partial charge in [-0.1, -0.05) is 0 Å². The number of halogens is 2. The number of hydrogen-bond donors (Lipinski definition) is 3. The van der Waals surface area contributed by atoms with Gasteiger partial charge in [0.15, 0.2) is 0 Å². The molecular weight excluding hydrogens is 316 g/mol. The molecule has 0 heterocycles. The SMILES string of the molecule is Fc1[c]([K])cccc1I.OB(O)O. The molecule has 1 aromatic carbocycles. The fourth-order valence-electron chi connectivity index (χ4n) is 0.612. The van der Waals surface area contributed by atoms with Crippen LogP contribution in [-0.4, -0.2) is 71.3 Å². The number of rotatable bonds is 0. The topological polar surface area (TPSA) is 60.7 Å². The van der Waals surface area contributed by atoms with Crippen LogP contribution in [0.5, 0.6) is 0 Å². The van der Waals surface area contributed by atoms with Crippen LogP contribution in [-0.2, 0) is 0 Å². The van der Waals surface area contributed by atoms with E-state index in [9.17, 15) is 4.39 Å². The molecule has 0 aliphatic carbocycles. The average molecular weight is 322 g/mol. The van der Waals surface area contributed by atoms with Gasteiger partial charge in [0.2, 0.25) is 0 Å². The Bertz CT molecular complexity index is 251. The first kappa shape index (κ1) is 14.5. The molecule has 0 saturated heterocycles. The van der Waals surface area contributed by atoms with Crippen molar-refractivity contribution in [3.8, 4) is 0 Å². The maximum atomic E-state index is 12.8. The normalized spacial score (nSPS) is 8.85. The number of hydrogen-bond acceptors (Lipinski definition) is 3. The van der Waals surface area contributed by atoms with Crippen molar-refractivity contribution >= 4 is 78.5 Å². The van der Waals surface area contributed by atoms with E-state index in [2.05, 4.69) is 0 Å². The minimum Gasteiger partial charge on any atom is -0.402 e. The summed E-state index contributed by atoms with van der Waals surface area (Å²) in [5, 5.41) is 21.5. The van der Waals surface area contributed by atoms with Crippen molar-refractivity contribution in [1.82, 2.24) is 0 Å². The molecule has 0 atom stereocenters. The Morgan fingerprint density at radius 2 is 1.77 bits per heavy atom. The van der Waals surface area contributed by atoms with Crippen molar-refractivity contribution in [2.24, 2.45) is 0 Å². The van der Waals surface area contributed by atoms with Crippen molar-refractivity contribution in [1.29, 1.82) is 0 Å². The zero-order valence-corrected chi connectivity index (χ0v) is 12.2. The van der Waals surface area contributed by atoms with Crippen LogP contribution >= 0.6 is 22.6 Å². The molecule has 3 N–H and O–H groups in total. The molecular formula is C6H6BFIKO3. The zero-order valence-electron chi connectivity index (χ0n) is 6.91. The van der Waals surface area contributed by atoms with Gasteiger partial charge in [0.05, 0.1) is 0 Å². The summed E-state index contributed by atoms with van der Waals surface area (Å²) >= 11 is 2.46. The third-order valence-electron chi connectivity index (χ3n) is 1.14. The van der Waals surface area contributed by atoms with E-state index in [4.69, 9.17) is 15.1 Å². The molecule has 0 amide bonds. The van der Waals surface area contributed by atoms with Crippen LogP contribution in [0.4, 0.5) is 4.39 Å². The minimum atomic E-state index is -2.17. The Morgan fingerprint density at radius 3 is 2.08 bits per heavy atom. The molecule has 0 aliphatic rings. The summed E-state index contributed by atoms with van der Waals surface area (Å²) in [6.07, 6.45) is 0. The van der Waals surface area contributed by atoms with Crippen LogP contribution in [0.1, 0.15) is 0 Å². The molecule has 0 unspecified atom stereocenters. The van der Waals surface area contributed by atoms with Crippen molar-refractivity contribution in [3.63, 3.8) is 0 Å². The molecule has 1 rings (SSSR count). The molecule has 0 bridgehead atoms. The van der Waals surface area contributed by atoms with E-state index in [0.717, 1.165) is 3.23 Å². The van der Waals surface area contributed by atoms with Crippen LogP contribution in [0.2, 0.25) is 0 Å². The molecule has 13 heavy (non-hydrogen) atoms. The van der Waals surface area contributed by atoms with Gasteiger partial charge in [0.25, 0.3) is 0 Å². The predicted molar refractivity (Wildman–Crippen MR) is 56.9 cm³/mol. The van der Waals surface area contributed by atoms with Gasteiger partial charge in [-0.25, -0.2) is 0 Å². The van der Waals surface area contributed by atoms with Crippen LogP contribution in [0.25, 0.3) is 0 Å². The summed E-state index contributed by atoms with van der Waals surface area (Å²) in [4.78, 5) is 0. The van der Waals surface area contributed by atoms with Crippen molar-refractivity contribution in [2.75, 3.05) is 0 Å². The Kier molecular flexibility index (Phi) is 8.58. The monoisotopic (exact) mass is 322 g/mol. The summed E-state index contributed by atoms with van der Waals surface area (Å²) in [6.45, 7) is 0. The van der Waals surface area contributed by atoms with E-state index in [1.807, 2.05) is 34.7 Å². The standard InChI is InChI=1S/C6H3FI.BH3O3.K/c7-5-3-1-2-4-6(5)8;2-1(3)4;/h1-2,4H;2-4H;. The van der Waals surface area contributed by atoms with Crippen molar-refractivity contribution < 1.29 is 19.5 Å². The second-order valence-corrected chi connectivity index (χ2v) is 5.06. The molecule has 1 aromatic rings. The maximum Gasteiger partial charge on any atom is 0.631 e. The van der Waals surface area contributed by atoms with E-state index in [0.29, 0.717) is 49.0 Å². The van der Waals surface area contributed by atoms with E-state index < -0.39 is 7.32 Å². The summed E-state index contributed by atoms with van der Waals surface area (Å²) in [7, 11) is -2.17. The van der Waals surface area contributed by atoms with Gasteiger partial charge in [0.1, 0.15) is 0 Å². The van der Waals surface area contributed by atoms with Crippen LogP contribution in [0.3, 0.4) is 0 Å². The van der Waals surface area contributed by atoms with Crippen LogP contribution in [0, 0.1) is 9.39 Å². The first-order chi connectivity index (χ1) is 5.95. The van der Waals surface area contributed by atoms with Gasteiger partial charge in [-0.15, -0.1) is 0 Å². The second kappa shape index (κ2) is 7.71. The summed E-state index contributed by atoms with van der Waals surface area (Å²) in [6, 6.07) is 5.52. The zero-order chi connectivity index (χ0) is 10.4. The molecule has 0 aliphatic heterocycles. The summed E-state index contributed by atoms with van der Waals surface area (Å²) in [5.41, 5.74) is 0. The van der Waals surface area contributed by atoms with Crippen LogP contribution in [0.15, 0.2) is 18.2 Å². The van der Waals surface area contributed by atoms with E-state index in [1.165, 1.54) is 0 Å². The van der Waals surface area contributed by atoms with Crippen molar-refractivity contribution in [3.05, 3.63) is 27.6 Å².